The summed E-state index contributed by atoms with van der Waals surface area (Å²) in [6, 6.07) is 15.8. The van der Waals surface area contributed by atoms with Crippen LogP contribution in [0, 0.1) is 11.3 Å². The molecule has 3 aromatic rings. The number of methoxy groups -OCH3 is 1. The Balaban J connectivity index is 2.03. The van der Waals surface area contributed by atoms with Crippen molar-refractivity contribution < 1.29 is 4.74 Å². The van der Waals surface area contributed by atoms with Crippen LogP contribution in [0.15, 0.2) is 46.9 Å². The first-order valence-corrected chi connectivity index (χ1v) is 8.13. The number of hydrogen-bond donors (Lipinski definition) is 0. The normalized spacial score (nSPS) is 11.4. The summed E-state index contributed by atoms with van der Waals surface area (Å²) in [5.74, 6) is 0.760. The maximum Gasteiger partial charge on any atom is 0.135 e. The monoisotopic (exact) mass is 370 g/mol. The van der Waals surface area contributed by atoms with Gasteiger partial charge in [-0.15, -0.1) is 11.3 Å². The lowest BCUT2D eigenvalue weighted by Gasteiger charge is -2.03. The van der Waals surface area contributed by atoms with Crippen molar-refractivity contribution in [2.24, 2.45) is 0 Å². The maximum absolute atomic E-state index is 9.45. The van der Waals surface area contributed by atoms with Gasteiger partial charge in [0.1, 0.15) is 16.8 Å². The molecule has 1 heterocycles. The van der Waals surface area contributed by atoms with Crippen LogP contribution in [-0.4, -0.2) is 12.1 Å². The van der Waals surface area contributed by atoms with E-state index >= 15 is 0 Å². The van der Waals surface area contributed by atoms with Crippen LogP contribution in [0.2, 0.25) is 0 Å². The van der Waals surface area contributed by atoms with Gasteiger partial charge in [0.25, 0.3) is 0 Å². The zero-order valence-corrected chi connectivity index (χ0v) is 14.1. The summed E-state index contributed by atoms with van der Waals surface area (Å²) in [7, 11) is 1.62. The average molecular weight is 371 g/mol. The van der Waals surface area contributed by atoms with Crippen molar-refractivity contribution in [1.29, 1.82) is 5.26 Å². The fourth-order valence-electron chi connectivity index (χ4n) is 2.07. The summed E-state index contributed by atoms with van der Waals surface area (Å²) in [6.07, 6.45) is 1.84. The highest BCUT2D eigenvalue weighted by atomic mass is 79.9. The van der Waals surface area contributed by atoms with Crippen molar-refractivity contribution in [3.63, 3.8) is 0 Å². The van der Waals surface area contributed by atoms with Crippen molar-refractivity contribution in [3.8, 4) is 11.8 Å². The van der Waals surface area contributed by atoms with Crippen LogP contribution in [-0.2, 0) is 0 Å². The molecular formula is C17H11BrN2OS. The number of fused-ring (bicyclic) bond motifs is 1. The summed E-state index contributed by atoms with van der Waals surface area (Å²) < 4.78 is 7.14. The number of allylic oxidation sites excluding steroid dienone is 1. The van der Waals surface area contributed by atoms with Gasteiger partial charge in [0.2, 0.25) is 0 Å². The van der Waals surface area contributed by atoms with Crippen molar-refractivity contribution in [2.45, 2.75) is 0 Å². The Morgan fingerprint density at radius 2 is 2.14 bits per heavy atom. The van der Waals surface area contributed by atoms with Gasteiger partial charge in [0.15, 0.2) is 0 Å². The molecule has 108 valence electrons. The minimum atomic E-state index is 0.554. The first-order valence-electron chi connectivity index (χ1n) is 6.52. The number of rotatable bonds is 3. The average Bonchev–Trinajstić information content (AvgIpc) is 2.96. The summed E-state index contributed by atoms with van der Waals surface area (Å²) >= 11 is 4.98. The summed E-state index contributed by atoms with van der Waals surface area (Å²) in [4.78, 5) is 4.53. The van der Waals surface area contributed by atoms with Crippen LogP contribution in [0.25, 0.3) is 21.9 Å². The van der Waals surface area contributed by atoms with Gasteiger partial charge < -0.3 is 4.74 Å². The standard InChI is InChI=1S/C17H11BrN2OS/c1-21-15-7-6-11(9-13(15)18)8-12(10-19)17-20-14-4-2-3-5-16(14)22-17/h2-9H,1H3/b12-8-. The van der Waals surface area contributed by atoms with Gasteiger partial charge in [-0.3, -0.25) is 0 Å². The Kier molecular flexibility index (Phi) is 4.23. The lowest BCUT2D eigenvalue weighted by Crippen LogP contribution is -1.85. The van der Waals surface area contributed by atoms with E-state index in [4.69, 9.17) is 4.74 Å². The Labute approximate surface area is 140 Å². The van der Waals surface area contributed by atoms with Gasteiger partial charge in [-0.05, 0) is 51.8 Å². The maximum atomic E-state index is 9.45. The molecule has 0 fully saturated rings. The Bertz CT molecular complexity index is 875. The van der Waals surface area contributed by atoms with E-state index in [1.807, 2.05) is 48.5 Å². The van der Waals surface area contributed by atoms with Crippen LogP contribution < -0.4 is 4.74 Å². The van der Waals surface area contributed by atoms with Crippen molar-refractivity contribution in [1.82, 2.24) is 4.98 Å². The Hall–Kier alpha value is -2.16. The van der Waals surface area contributed by atoms with Crippen LogP contribution in [0.5, 0.6) is 5.75 Å². The van der Waals surface area contributed by atoms with Gasteiger partial charge in [-0.2, -0.15) is 5.26 Å². The van der Waals surface area contributed by atoms with Crippen molar-refractivity contribution in [2.75, 3.05) is 7.11 Å². The molecule has 1 aromatic heterocycles. The molecule has 3 rings (SSSR count). The molecule has 0 spiro atoms. The summed E-state index contributed by atoms with van der Waals surface area (Å²) in [6.45, 7) is 0. The molecule has 0 radical (unpaired) electrons. The molecular weight excluding hydrogens is 360 g/mol. The number of halogens is 1. The number of ether oxygens (including phenoxy) is 1. The van der Waals surface area contributed by atoms with Gasteiger partial charge >= 0.3 is 0 Å². The largest absolute Gasteiger partial charge is 0.496 e. The first kappa shape index (κ1) is 14.8. The van der Waals surface area contributed by atoms with E-state index < -0.39 is 0 Å². The van der Waals surface area contributed by atoms with E-state index in [2.05, 4.69) is 27.0 Å². The number of nitriles is 1. The third kappa shape index (κ3) is 2.89. The quantitative estimate of drug-likeness (QED) is 0.600. The van der Waals surface area contributed by atoms with Gasteiger partial charge in [-0.25, -0.2) is 4.98 Å². The lowest BCUT2D eigenvalue weighted by molar-refractivity contribution is 0.412. The highest BCUT2D eigenvalue weighted by molar-refractivity contribution is 9.10. The molecule has 2 aromatic carbocycles. The second-order valence-corrected chi connectivity index (χ2v) is 6.44. The minimum Gasteiger partial charge on any atom is -0.496 e. The lowest BCUT2D eigenvalue weighted by atomic mass is 10.1. The van der Waals surface area contributed by atoms with Crippen molar-refractivity contribution >= 4 is 49.1 Å². The molecule has 0 unspecified atom stereocenters. The molecule has 0 aliphatic heterocycles. The molecule has 0 aliphatic rings. The number of hydrogen-bond acceptors (Lipinski definition) is 4. The fraction of sp³-hybridized carbons (Fsp3) is 0.0588. The topological polar surface area (TPSA) is 45.9 Å². The zero-order valence-electron chi connectivity index (χ0n) is 11.7. The van der Waals surface area contributed by atoms with Crippen LogP contribution >= 0.6 is 27.3 Å². The minimum absolute atomic E-state index is 0.554. The molecule has 0 aliphatic carbocycles. The molecule has 0 bridgehead atoms. The smallest absolute Gasteiger partial charge is 0.135 e. The molecule has 22 heavy (non-hydrogen) atoms. The van der Waals surface area contributed by atoms with Gasteiger partial charge in [0.05, 0.1) is 27.4 Å². The van der Waals surface area contributed by atoms with Crippen molar-refractivity contribution in [3.05, 3.63) is 57.5 Å². The number of para-hydroxylation sites is 1. The first-order chi connectivity index (χ1) is 10.7. The fourth-order valence-corrected chi connectivity index (χ4v) is 3.56. The highest BCUT2D eigenvalue weighted by Crippen LogP contribution is 2.30. The van der Waals surface area contributed by atoms with Gasteiger partial charge in [0, 0.05) is 0 Å². The van der Waals surface area contributed by atoms with E-state index in [0.717, 1.165) is 31.0 Å². The van der Waals surface area contributed by atoms with Crippen LogP contribution in [0.4, 0.5) is 0 Å². The van der Waals surface area contributed by atoms with E-state index in [0.29, 0.717) is 5.57 Å². The molecule has 0 N–H and O–H groups in total. The van der Waals surface area contributed by atoms with Gasteiger partial charge in [-0.1, -0.05) is 18.2 Å². The zero-order chi connectivity index (χ0) is 15.5. The van der Waals surface area contributed by atoms with E-state index in [1.54, 1.807) is 7.11 Å². The Morgan fingerprint density at radius 1 is 1.32 bits per heavy atom. The summed E-state index contributed by atoms with van der Waals surface area (Å²) in [5.41, 5.74) is 2.39. The third-order valence-corrected chi connectivity index (χ3v) is 4.82. The van der Waals surface area contributed by atoms with E-state index in [1.165, 1.54) is 11.3 Å². The molecule has 5 heteroatoms. The van der Waals surface area contributed by atoms with Crippen LogP contribution in [0.3, 0.4) is 0 Å². The Morgan fingerprint density at radius 3 is 2.82 bits per heavy atom. The third-order valence-electron chi connectivity index (χ3n) is 3.13. The van der Waals surface area contributed by atoms with E-state index in [-0.39, 0.29) is 0 Å². The SMILES string of the molecule is COc1ccc(/C=C(/C#N)c2nc3ccccc3s2)cc1Br. The molecule has 0 saturated heterocycles. The molecule has 0 amide bonds. The number of thiazole rings is 1. The molecule has 3 nitrogen and oxygen atoms in total. The number of benzene rings is 2. The second kappa shape index (κ2) is 6.30. The number of aromatic nitrogens is 1. The summed E-state index contributed by atoms with van der Waals surface area (Å²) in [5, 5.41) is 10.2. The number of nitrogens with zero attached hydrogens (tertiary/aromatic N) is 2. The van der Waals surface area contributed by atoms with E-state index in [9.17, 15) is 5.26 Å². The van der Waals surface area contributed by atoms with Crippen LogP contribution in [0.1, 0.15) is 10.6 Å². The second-order valence-electron chi connectivity index (χ2n) is 4.55. The molecule has 0 saturated carbocycles. The predicted octanol–water partition coefficient (Wildman–Crippen LogP) is 5.13. The predicted molar refractivity (Wildman–Crippen MR) is 93.8 cm³/mol. The molecule has 0 atom stereocenters. The highest BCUT2D eigenvalue weighted by Gasteiger charge is 2.09.